The molecule has 0 aromatic rings. The van der Waals surface area contributed by atoms with Crippen LogP contribution >= 0.6 is 24.8 Å². The second kappa shape index (κ2) is 7.12. The van der Waals surface area contributed by atoms with Gasteiger partial charge in [0.1, 0.15) is 0 Å². The number of halogens is 2. The van der Waals surface area contributed by atoms with E-state index >= 15 is 0 Å². The van der Waals surface area contributed by atoms with Crippen molar-refractivity contribution in [2.45, 2.75) is 34.1 Å². The molecule has 0 nitrogen and oxygen atoms in total. The van der Waals surface area contributed by atoms with E-state index in [0.29, 0.717) is 5.41 Å². The van der Waals surface area contributed by atoms with Gasteiger partial charge in [-0.1, -0.05) is 27.7 Å². The molecule has 0 heterocycles. The molecule has 0 saturated carbocycles. The minimum Gasteiger partial charge on any atom is -0.269 e. The first-order valence-corrected chi connectivity index (χ1v) is 3.78. The zero-order valence-corrected chi connectivity index (χ0v) is 11.8. The van der Waals surface area contributed by atoms with Gasteiger partial charge in [-0.25, -0.2) is 11.6 Å². The summed E-state index contributed by atoms with van der Waals surface area (Å²) >= 11 is 0. The second-order valence-corrected chi connectivity index (χ2v) is 3.96. The predicted molar refractivity (Wildman–Crippen MR) is 59.1 cm³/mol. The fourth-order valence-electron chi connectivity index (χ4n) is 1.08. The maximum atomic E-state index is 3.30. The van der Waals surface area contributed by atoms with Crippen molar-refractivity contribution in [3.05, 3.63) is 23.3 Å². The molecule has 3 heteroatoms. The SMILES string of the molecule is CC1=[C-]CC(C(C)(C)C)=C1.Cl.Cl.[Ti]. The number of rotatable bonds is 0. The summed E-state index contributed by atoms with van der Waals surface area (Å²) in [7, 11) is 0. The van der Waals surface area contributed by atoms with Crippen LogP contribution in [-0.4, -0.2) is 0 Å². The summed E-state index contributed by atoms with van der Waals surface area (Å²) in [6.07, 6.45) is 6.59. The van der Waals surface area contributed by atoms with Crippen molar-refractivity contribution in [2.24, 2.45) is 5.41 Å². The average molecular weight is 256 g/mol. The molecular weight excluding hydrogens is 239 g/mol. The van der Waals surface area contributed by atoms with Crippen molar-refractivity contribution in [3.63, 3.8) is 0 Å². The smallest absolute Gasteiger partial charge is 0 e. The molecule has 0 bridgehead atoms. The third kappa shape index (κ3) is 5.96. The largest absolute Gasteiger partial charge is 0.269 e. The Bertz CT molecular complexity index is 199. The molecule has 0 atom stereocenters. The summed E-state index contributed by atoms with van der Waals surface area (Å²) < 4.78 is 0. The maximum absolute atomic E-state index is 3.30. The molecule has 0 spiro atoms. The van der Waals surface area contributed by atoms with Crippen LogP contribution < -0.4 is 0 Å². The molecule has 0 aromatic heterocycles. The van der Waals surface area contributed by atoms with E-state index in [1.54, 1.807) is 0 Å². The third-order valence-electron chi connectivity index (χ3n) is 1.91. The number of hydrogen-bond donors (Lipinski definition) is 0. The normalized spacial score (nSPS) is 14.5. The molecule has 1 aliphatic carbocycles. The first-order valence-electron chi connectivity index (χ1n) is 3.78. The van der Waals surface area contributed by atoms with E-state index in [2.05, 4.69) is 39.8 Å². The van der Waals surface area contributed by atoms with Gasteiger partial charge in [-0.2, -0.15) is 5.57 Å². The summed E-state index contributed by atoms with van der Waals surface area (Å²) in [6, 6.07) is 0. The van der Waals surface area contributed by atoms with Gasteiger partial charge in [-0.3, -0.25) is 6.08 Å². The van der Waals surface area contributed by atoms with Gasteiger partial charge in [0.05, 0.1) is 0 Å². The summed E-state index contributed by atoms with van der Waals surface area (Å²) in [6.45, 7) is 8.86. The average Bonchev–Trinajstić information content (AvgIpc) is 2.11. The Morgan fingerprint density at radius 3 is 1.85 bits per heavy atom. The van der Waals surface area contributed by atoms with E-state index in [0.717, 1.165) is 6.42 Å². The molecule has 13 heavy (non-hydrogen) atoms. The first-order chi connectivity index (χ1) is 4.50. The molecule has 0 saturated heterocycles. The van der Waals surface area contributed by atoms with Gasteiger partial charge in [-0.05, 0) is 5.41 Å². The Labute approximate surface area is 109 Å². The van der Waals surface area contributed by atoms with E-state index in [1.807, 2.05) is 0 Å². The second-order valence-electron chi connectivity index (χ2n) is 3.96. The van der Waals surface area contributed by atoms with E-state index in [9.17, 15) is 0 Å². The quantitative estimate of drug-likeness (QED) is 0.454. The Morgan fingerprint density at radius 1 is 1.23 bits per heavy atom. The zero-order chi connectivity index (χ0) is 7.78. The van der Waals surface area contributed by atoms with E-state index in [4.69, 9.17) is 0 Å². The third-order valence-corrected chi connectivity index (χ3v) is 1.91. The van der Waals surface area contributed by atoms with Crippen LogP contribution in [0.1, 0.15) is 34.1 Å². The zero-order valence-electron chi connectivity index (χ0n) is 8.60. The topological polar surface area (TPSA) is 0 Å². The van der Waals surface area contributed by atoms with Gasteiger partial charge in [0.15, 0.2) is 0 Å². The molecule has 76 valence electrons. The Hall–Kier alpha value is 0.774. The van der Waals surface area contributed by atoms with Crippen LogP contribution in [0.25, 0.3) is 0 Å². The molecule has 0 N–H and O–H groups in total. The summed E-state index contributed by atoms with van der Waals surface area (Å²) in [5, 5.41) is 0. The van der Waals surface area contributed by atoms with Gasteiger partial charge in [0.25, 0.3) is 0 Å². The maximum Gasteiger partial charge on any atom is 0 e. The van der Waals surface area contributed by atoms with Crippen LogP contribution in [-0.2, 0) is 21.7 Å². The number of allylic oxidation sites excluding steroid dienone is 4. The van der Waals surface area contributed by atoms with E-state index in [1.165, 1.54) is 11.1 Å². The van der Waals surface area contributed by atoms with Gasteiger partial charge in [-0.15, -0.1) is 31.2 Å². The van der Waals surface area contributed by atoms with Crippen LogP contribution in [0, 0.1) is 11.5 Å². The van der Waals surface area contributed by atoms with Crippen molar-refractivity contribution in [2.75, 3.05) is 0 Å². The molecule has 0 amide bonds. The molecule has 0 radical (unpaired) electrons. The van der Waals surface area contributed by atoms with Crippen LogP contribution in [0.3, 0.4) is 0 Å². The van der Waals surface area contributed by atoms with Crippen molar-refractivity contribution < 1.29 is 21.7 Å². The Morgan fingerprint density at radius 2 is 1.69 bits per heavy atom. The molecule has 0 fully saturated rings. The first kappa shape index (κ1) is 19.4. The summed E-state index contributed by atoms with van der Waals surface area (Å²) in [5.41, 5.74) is 3.14. The van der Waals surface area contributed by atoms with Crippen LogP contribution in [0.2, 0.25) is 0 Å². The van der Waals surface area contributed by atoms with Crippen molar-refractivity contribution in [3.8, 4) is 0 Å². The minimum absolute atomic E-state index is 0. The molecule has 0 aliphatic heterocycles. The molecule has 1 rings (SSSR count). The standard InChI is InChI=1S/C10H15.2ClH.Ti/c1-8-5-6-9(7-8)10(2,3)4;;;/h7H,6H2,1-4H3;2*1H;/q-1;;;. The van der Waals surface area contributed by atoms with E-state index < -0.39 is 0 Å². The number of hydrogen-bond acceptors (Lipinski definition) is 0. The summed E-state index contributed by atoms with van der Waals surface area (Å²) in [5.74, 6) is 0. The van der Waals surface area contributed by atoms with Gasteiger partial charge >= 0.3 is 0 Å². The van der Waals surface area contributed by atoms with Gasteiger partial charge in [0.2, 0.25) is 0 Å². The summed E-state index contributed by atoms with van der Waals surface area (Å²) in [4.78, 5) is 0. The van der Waals surface area contributed by atoms with Crippen LogP contribution in [0.4, 0.5) is 0 Å². The minimum atomic E-state index is 0. The van der Waals surface area contributed by atoms with E-state index in [-0.39, 0.29) is 46.5 Å². The molecule has 0 unspecified atom stereocenters. The van der Waals surface area contributed by atoms with Crippen LogP contribution in [0.15, 0.2) is 17.2 Å². The predicted octanol–water partition coefficient (Wildman–Crippen LogP) is 3.95. The van der Waals surface area contributed by atoms with Crippen LogP contribution in [0.5, 0.6) is 0 Å². The monoisotopic (exact) mass is 255 g/mol. The van der Waals surface area contributed by atoms with Crippen molar-refractivity contribution in [1.82, 2.24) is 0 Å². The Kier molecular flexibility index (Phi) is 10.6. The molecule has 0 aromatic carbocycles. The fraction of sp³-hybridized carbons (Fsp3) is 0.600. The van der Waals surface area contributed by atoms with Crippen molar-refractivity contribution in [1.29, 1.82) is 0 Å². The van der Waals surface area contributed by atoms with Gasteiger partial charge in [0, 0.05) is 21.7 Å². The van der Waals surface area contributed by atoms with Crippen molar-refractivity contribution >= 4 is 24.8 Å². The fourth-order valence-corrected chi connectivity index (χ4v) is 1.08. The molecular formula is C10H17Cl2Ti-. The van der Waals surface area contributed by atoms with Gasteiger partial charge < -0.3 is 0 Å². The molecule has 1 aliphatic rings. The Balaban J connectivity index is -0.000000333.